The van der Waals surface area contributed by atoms with Gasteiger partial charge in [-0.15, -0.1) is 0 Å². The van der Waals surface area contributed by atoms with E-state index in [1.807, 2.05) is 24.6 Å². The molecule has 0 aliphatic heterocycles. The number of halogens is 1. The molecule has 0 spiro atoms. The molecule has 1 unspecified atom stereocenters. The summed E-state index contributed by atoms with van der Waals surface area (Å²) in [6, 6.07) is 15.1. The van der Waals surface area contributed by atoms with Crippen molar-refractivity contribution in [3.05, 3.63) is 77.1 Å². The Bertz CT molecular complexity index is 1170. The third-order valence-electron chi connectivity index (χ3n) is 5.62. The molecule has 6 heteroatoms. The van der Waals surface area contributed by atoms with Gasteiger partial charge < -0.3 is 9.88 Å². The Labute approximate surface area is 176 Å². The second kappa shape index (κ2) is 8.03. The van der Waals surface area contributed by atoms with Crippen molar-refractivity contribution >= 4 is 11.0 Å². The maximum absolute atomic E-state index is 13.3. The number of nitrogens with zero attached hydrogens (tertiary/aromatic N) is 4. The largest absolute Gasteiger partial charge is 0.324 e. The molecule has 0 fully saturated rings. The highest BCUT2D eigenvalue weighted by Gasteiger charge is 2.19. The number of para-hydroxylation sites is 2. The molecule has 2 aromatic carbocycles. The van der Waals surface area contributed by atoms with Gasteiger partial charge >= 0.3 is 0 Å². The van der Waals surface area contributed by atoms with Gasteiger partial charge in [-0.1, -0.05) is 12.1 Å². The van der Waals surface area contributed by atoms with Crippen molar-refractivity contribution in [1.82, 2.24) is 24.6 Å². The van der Waals surface area contributed by atoms with Crippen LogP contribution >= 0.6 is 0 Å². The lowest BCUT2D eigenvalue weighted by Crippen LogP contribution is -2.23. The maximum Gasteiger partial charge on any atom is 0.127 e. The van der Waals surface area contributed by atoms with Crippen LogP contribution in [0.15, 0.2) is 48.5 Å². The molecule has 0 saturated carbocycles. The number of benzene rings is 2. The predicted molar refractivity (Wildman–Crippen MR) is 118 cm³/mol. The number of nitrogens with one attached hydrogen (secondary N) is 1. The number of aromatic nitrogens is 4. The van der Waals surface area contributed by atoms with E-state index >= 15 is 0 Å². The van der Waals surface area contributed by atoms with Gasteiger partial charge in [0, 0.05) is 23.8 Å². The maximum atomic E-state index is 13.3. The molecule has 2 aromatic heterocycles. The second-order valence-electron chi connectivity index (χ2n) is 8.06. The molecule has 2 heterocycles. The van der Waals surface area contributed by atoms with E-state index in [4.69, 9.17) is 4.98 Å². The highest BCUT2D eigenvalue weighted by Crippen LogP contribution is 2.26. The third kappa shape index (κ3) is 3.63. The van der Waals surface area contributed by atoms with Crippen LogP contribution in [0.25, 0.3) is 16.7 Å². The van der Waals surface area contributed by atoms with E-state index in [1.165, 1.54) is 12.1 Å². The fourth-order valence-electron chi connectivity index (χ4n) is 4.02. The van der Waals surface area contributed by atoms with Crippen LogP contribution in [0.1, 0.15) is 55.6 Å². The van der Waals surface area contributed by atoms with E-state index in [-0.39, 0.29) is 11.9 Å². The molecule has 4 aromatic rings. The van der Waals surface area contributed by atoms with Crippen LogP contribution in [0.5, 0.6) is 0 Å². The summed E-state index contributed by atoms with van der Waals surface area (Å²) >= 11 is 0. The van der Waals surface area contributed by atoms with E-state index in [9.17, 15) is 4.39 Å². The molecule has 0 amide bonds. The SMILES string of the molecule is Cc1nn(-c2ccc(F)cc2)c(C)c1CNC(C)c1nc2ccccc2n1C(C)C. The molecule has 1 N–H and O–H groups in total. The summed E-state index contributed by atoms with van der Waals surface area (Å²) in [5.74, 6) is 0.788. The van der Waals surface area contributed by atoms with E-state index in [1.54, 1.807) is 12.1 Å². The van der Waals surface area contributed by atoms with Gasteiger partial charge in [0.25, 0.3) is 0 Å². The molecule has 0 aliphatic rings. The molecular formula is C24H28FN5. The number of hydrogen-bond acceptors (Lipinski definition) is 3. The van der Waals surface area contributed by atoms with Gasteiger partial charge in [-0.25, -0.2) is 14.1 Å². The van der Waals surface area contributed by atoms with E-state index in [2.05, 4.69) is 54.0 Å². The Kier molecular flexibility index (Phi) is 5.43. The van der Waals surface area contributed by atoms with Crippen molar-refractivity contribution < 1.29 is 4.39 Å². The fourth-order valence-corrected chi connectivity index (χ4v) is 4.02. The summed E-state index contributed by atoms with van der Waals surface area (Å²) < 4.78 is 17.5. The van der Waals surface area contributed by atoms with Crippen LogP contribution in [-0.2, 0) is 6.54 Å². The topological polar surface area (TPSA) is 47.7 Å². The molecule has 30 heavy (non-hydrogen) atoms. The molecule has 4 rings (SSSR count). The number of hydrogen-bond donors (Lipinski definition) is 1. The predicted octanol–water partition coefficient (Wildman–Crippen LogP) is 5.41. The summed E-state index contributed by atoms with van der Waals surface area (Å²) in [5.41, 5.74) is 6.21. The average molecular weight is 406 g/mol. The summed E-state index contributed by atoms with van der Waals surface area (Å²) in [6.07, 6.45) is 0. The molecule has 0 saturated heterocycles. The first-order valence-corrected chi connectivity index (χ1v) is 10.4. The Balaban J connectivity index is 1.59. The van der Waals surface area contributed by atoms with Gasteiger partial charge in [-0.2, -0.15) is 5.10 Å². The molecule has 156 valence electrons. The zero-order chi connectivity index (χ0) is 21.4. The third-order valence-corrected chi connectivity index (χ3v) is 5.62. The first-order chi connectivity index (χ1) is 14.4. The van der Waals surface area contributed by atoms with Crippen molar-refractivity contribution in [2.75, 3.05) is 0 Å². The van der Waals surface area contributed by atoms with Crippen molar-refractivity contribution in [2.45, 2.75) is 53.2 Å². The zero-order valence-electron chi connectivity index (χ0n) is 18.1. The molecule has 0 aliphatic carbocycles. The van der Waals surface area contributed by atoms with Crippen LogP contribution in [0.2, 0.25) is 0 Å². The lowest BCUT2D eigenvalue weighted by atomic mass is 10.1. The van der Waals surface area contributed by atoms with Crippen LogP contribution in [0.4, 0.5) is 4.39 Å². The van der Waals surface area contributed by atoms with Crippen LogP contribution in [0, 0.1) is 19.7 Å². The lowest BCUT2D eigenvalue weighted by molar-refractivity contribution is 0.490. The van der Waals surface area contributed by atoms with E-state index in [0.717, 1.165) is 39.5 Å². The van der Waals surface area contributed by atoms with Gasteiger partial charge in [-0.3, -0.25) is 0 Å². The summed E-state index contributed by atoms with van der Waals surface area (Å²) in [4.78, 5) is 4.90. The van der Waals surface area contributed by atoms with Gasteiger partial charge in [0.05, 0.1) is 28.5 Å². The van der Waals surface area contributed by atoms with E-state index in [0.29, 0.717) is 12.6 Å². The average Bonchev–Trinajstić information content (AvgIpc) is 3.25. The second-order valence-corrected chi connectivity index (χ2v) is 8.06. The summed E-state index contributed by atoms with van der Waals surface area (Å²) in [6.45, 7) is 11.3. The number of fused-ring (bicyclic) bond motifs is 1. The van der Waals surface area contributed by atoms with Gasteiger partial charge in [0.15, 0.2) is 0 Å². The minimum Gasteiger partial charge on any atom is -0.324 e. The van der Waals surface area contributed by atoms with Gasteiger partial charge in [0.1, 0.15) is 11.6 Å². The number of rotatable bonds is 6. The van der Waals surface area contributed by atoms with Gasteiger partial charge in [0.2, 0.25) is 0 Å². The minimum atomic E-state index is -0.246. The number of aryl methyl sites for hydroxylation is 1. The molecule has 0 radical (unpaired) electrons. The highest BCUT2D eigenvalue weighted by atomic mass is 19.1. The van der Waals surface area contributed by atoms with Crippen molar-refractivity contribution in [3.8, 4) is 5.69 Å². The zero-order valence-corrected chi connectivity index (χ0v) is 18.1. The molecule has 0 bridgehead atoms. The summed E-state index contributed by atoms with van der Waals surface area (Å²) in [5, 5.41) is 8.31. The standard InChI is InChI=1S/C24H28FN5/c1-15(2)29-23-9-7-6-8-22(23)27-24(29)17(4)26-14-21-16(3)28-30(18(21)5)20-12-10-19(25)11-13-20/h6-13,15,17,26H,14H2,1-5H3. The van der Waals surface area contributed by atoms with Crippen LogP contribution < -0.4 is 5.32 Å². The van der Waals surface area contributed by atoms with Crippen molar-refractivity contribution in [2.24, 2.45) is 0 Å². The van der Waals surface area contributed by atoms with Crippen molar-refractivity contribution in [1.29, 1.82) is 0 Å². The Morgan fingerprint density at radius 3 is 2.40 bits per heavy atom. The Hall–Kier alpha value is -2.99. The molecule has 5 nitrogen and oxygen atoms in total. The minimum absolute atomic E-state index is 0.0766. The fraction of sp³-hybridized carbons (Fsp3) is 0.333. The van der Waals surface area contributed by atoms with Crippen LogP contribution in [0.3, 0.4) is 0 Å². The highest BCUT2D eigenvalue weighted by molar-refractivity contribution is 5.76. The van der Waals surface area contributed by atoms with Crippen molar-refractivity contribution in [3.63, 3.8) is 0 Å². The number of imidazole rings is 1. The first kappa shape index (κ1) is 20.3. The summed E-state index contributed by atoms with van der Waals surface area (Å²) in [7, 11) is 0. The Morgan fingerprint density at radius 2 is 1.70 bits per heavy atom. The lowest BCUT2D eigenvalue weighted by Gasteiger charge is -2.19. The quantitative estimate of drug-likeness (QED) is 0.467. The first-order valence-electron chi connectivity index (χ1n) is 10.4. The Morgan fingerprint density at radius 1 is 1.00 bits per heavy atom. The molecular weight excluding hydrogens is 377 g/mol. The van der Waals surface area contributed by atoms with Gasteiger partial charge in [-0.05, 0) is 71.0 Å². The smallest absolute Gasteiger partial charge is 0.127 e. The normalized spacial score (nSPS) is 12.8. The monoisotopic (exact) mass is 405 g/mol. The van der Waals surface area contributed by atoms with E-state index < -0.39 is 0 Å². The van der Waals surface area contributed by atoms with Crippen LogP contribution in [-0.4, -0.2) is 19.3 Å². The molecule has 1 atom stereocenters.